The molecule has 1 aromatic carbocycles. The summed E-state index contributed by atoms with van der Waals surface area (Å²) >= 11 is 1.60. The molecule has 0 heterocycles. The SMILES string of the molecule is CCCSc1ccc([N+](=O)[O-])c(NC=O)c1. The standard InChI is InChI=1S/C10H12N2O3S/c1-2-5-16-8-3-4-10(12(14)15)9(6-8)11-7-13/h3-4,6-7H,2,5H2,1H3,(H,11,13). The van der Waals surface area contributed by atoms with Crippen LogP contribution in [0, 0.1) is 10.1 Å². The summed E-state index contributed by atoms with van der Waals surface area (Å²) in [7, 11) is 0. The van der Waals surface area contributed by atoms with Gasteiger partial charge in [-0.15, -0.1) is 11.8 Å². The van der Waals surface area contributed by atoms with Gasteiger partial charge >= 0.3 is 0 Å². The van der Waals surface area contributed by atoms with Gasteiger partial charge in [0.1, 0.15) is 5.69 Å². The van der Waals surface area contributed by atoms with E-state index in [0.29, 0.717) is 6.41 Å². The van der Waals surface area contributed by atoms with Gasteiger partial charge in [-0.05, 0) is 24.3 Å². The first-order valence-electron chi connectivity index (χ1n) is 4.80. The Kier molecular flexibility index (Phi) is 4.78. The van der Waals surface area contributed by atoms with E-state index < -0.39 is 4.92 Å². The van der Waals surface area contributed by atoms with Gasteiger partial charge in [0.05, 0.1) is 4.92 Å². The predicted molar refractivity (Wildman–Crippen MR) is 63.8 cm³/mol. The molecule has 1 N–H and O–H groups in total. The summed E-state index contributed by atoms with van der Waals surface area (Å²) in [6.07, 6.45) is 1.47. The highest BCUT2D eigenvalue weighted by Gasteiger charge is 2.13. The van der Waals surface area contributed by atoms with Crippen LogP contribution in [-0.2, 0) is 4.79 Å². The van der Waals surface area contributed by atoms with Gasteiger partial charge in [-0.25, -0.2) is 0 Å². The lowest BCUT2D eigenvalue weighted by Gasteiger charge is -2.04. The monoisotopic (exact) mass is 240 g/mol. The zero-order valence-electron chi connectivity index (χ0n) is 8.80. The maximum atomic E-state index is 10.7. The molecule has 0 aliphatic rings. The zero-order chi connectivity index (χ0) is 12.0. The quantitative estimate of drug-likeness (QED) is 0.359. The summed E-state index contributed by atoms with van der Waals surface area (Å²) in [6, 6.07) is 4.71. The van der Waals surface area contributed by atoms with Crippen molar-refractivity contribution in [2.24, 2.45) is 0 Å². The Bertz CT molecular complexity index is 396. The van der Waals surface area contributed by atoms with E-state index >= 15 is 0 Å². The van der Waals surface area contributed by atoms with Crippen LogP contribution in [0.25, 0.3) is 0 Å². The van der Waals surface area contributed by atoms with Gasteiger partial charge in [-0.3, -0.25) is 14.9 Å². The van der Waals surface area contributed by atoms with Crippen molar-refractivity contribution >= 4 is 29.5 Å². The number of carbonyl (C=O) groups is 1. The number of nitrogens with one attached hydrogen (secondary N) is 1. The first-order valence-corrected chi connectivity index (χ1v) is 5.79. The second-order valence-corrected chi connectivity index (χ2v) is 4.22. The van der Waals surface area contributed by atoms with Gasteiger partial charge in [0.2, 0.25) is 6.41 Å². The van der Waals surface area contributed by atoms with E-state index in [1.165, 1.54) is 6.07 Å². The van der Waals surface area contributed by atoms with Crippen LogP contribution in [0.15, 0.2) is 23.1 Å². The summed E-state index contributed by atoms with van der Waals surface area (Å²) in [5.74, 6) is 0.943. The second kappa shape index (κ2) is 6.12. The zero-order valence-corrected chi connectivity index (χ0v) is 9.62. The lowest BCUT2D eigenvalue weighted by Crippen LogP contribution is -1.99. The third-order valence-electron chi connectivity index (χ3n) is 1.85. The molecular formula is C10H12N2O3S. The molecule has 1 aromatic rings. The van der Waals surface area contributed by atoms with Crippen molar-refractivity contribution in [3.05, 3.63) is 28.3 Å². The molecule has 0 saturated heterocycles. The molecule has 0 fully saturated rings. The van der Waals surface area contributed by atoms with E-state index in [-0.39, 0.29) is 11.4 Å². The van der Waals surface area contributed by atoms with Crippen LogP contribution in [0.2, 0.25) is 0 Å². The van der Waals surface area contributed by atoms with Gasteiger partial charge in [0.25, 0.3) is 5.69 Å². The summed E-state index contributed by atoms with van der Waals surface area (Å²) in [4.78, 5) is 21.4. The van der Waals surface area contributed by atoms with E-state index in [1.54, 1.807) is 23.9 Å². The van der Waals surface area contributed by atoms with E-state index in [2.05, 4.69) is 12.2 Å². The maximum Gasteiger partial charge on any atom is 0.292 e. The molecule has 1 rings (SSSR count). The molecule has 0 aliphatic carbocycles. The Morgan fingerprint density at radius 1 is 1.56 bits per heavy atom. The topological polar surface area (TPSA) is 72.2 Å². The molecule has 0 atom stereocenters. The van der Waals surface area contributed by atoms with Crippen LogP contribution in [0.3, 0.4) is 0 Å². The number of nitrogens with zero attached hydrogens (tertiary/aromatic N) is 1. The van der Waals surface area contributed by atoms with Crippen LogP contribution in [0.4, 0.5) is 11.4 Å². The number of nitro groups is 1. The Morgan fingerprint density at radius 2 is 2.31 bits per heavy atom. The summed E-state index contributed by atoms with van der Waals surface area (Å²) in [5.41, 5.74) is 0.147. The summed E-state index contributed by atoms with van der Waals surface area (Å²) in [5, 5.41) is 13.0. The number of nitro benzene ring substituents is 1. The Hall–Kier alpha value is -1.56. The molecule has 16 heavy (non-hydrogen) atoms. The van der Waals surface area contributed by atoms with E-state index in [4.69, 9.17) is 0 Å². The predicted octanol–water partition coefficient (Wildman–Crippen LogP) is 2.67. The van der Waals surface area contributed by atoms with E-state index in [9.17, 15) is 14.9 Å². The molecule has 0 aliphatic heterocycles. The van der Waals surface area contributed by atoms with Crippen molar-refractivity contribution in [2.75, 3.05) is 11.1 Å². The molecule has 0 bridgehead atoms. The smallest absolute Gasteiger partial charge is 0.292 e. The van der Waals surface area contributed by atoms with Crippen molar-refractivity contribution in [1.29, 1.82) is 0 Å². The number of hydrogen-bond donors (Lipinski definition) is 1. The first-order chi connectivity index (χ1) is 7.69. The number of carbonyl (C=O) groups excluding carboxylic acids is 1. The average molecular weight is 240 g/mol. The van der Waals surface area contributed by atoms with E-state index in [1.807, 2.05) is 0 Å². The van der Waals surface area contributed by atoms with Crippen molar-refractivity contribution in [2.45, 2.75) is 18.2 Å². The highest BCUT2D eigenvalue weighted by Crippen LogP contribution is 2.29. The van der Waals surface area contributed by atoms with Gasteiger partial charge < -0.3 is 5.32 Å². The average Bonchev–Trinajstić information content (AvgIpc) is 2.26. The molecule has 0 radical (unpaired) electrons. The summed E-state index contributed by atoms with van der Waals surface area (Å²) in [6.45, 7) is 2.06. The molecule has 86 valence electrons. The number of benzene rings is 1. The maximum absolute atomic E-state index is 10.7. The number of thioether (sulfide) groups is 1. The minimum absolute atomic E-state index is 0.0899. The van der Waals surface area contributed by atoms with Crippen LogP contribution in [0.1, 0.15) is 13.3 Å². The van der Waals surface area contributed by atoms with Crippen LogP contribution < -0.4 is 5.32 Å². The van der Waals surface area contributed by atoms with Gasteiger partial charge in [0.15, 0.2) is 0 Å². The molecule has 0 spiro atoms. The minimum Gasteiger partial charge on any atom is -0.323 e. The molecular weight excluding hydrogens is 228 g/mol. The van der Waals surface area contributed by atoms with Gasteiger partial charge in [-0.2, -0.15) is 0 Å². The fraction of sp³-hybridized carbons (Fsp3) is 0.300. The lowest BCUT2D eigenvalue weighted by atomic mass is 10.3. The third-order valence-corrected chi connectivity index (χ3v) is 3.05. The largest absolute Gasteiger partial charge is 0.323 e. The highest BCUT2D eigenvalue weighted by atomic mass is 32.2. The Morgan fingerprint density at radius 3 is 2.88 bits per heavy atom. The fourth-order valence-electron chi connectivity index (χ4n) is 1.16. The lowest BCUT2D eigenvalue weighted by molar-refractivity contribution is -0.384. The first kappa shape index (κ1) is 12.5. The highest BCUT2D eigenvalue weighted by molar-refractivity contribution is 7.99. The molecule has 6 heteroatoms. The molecule has 5 nitrogen and oxygen atoms in total. The second-order valence-electron chi connectivity index (χ2n) is 3.05. The number of anilines is 1. The molecule has 0 unspecified atom stereocenters. The van der Waals surface area contributed by atoms with Crippen molar-refractivity contribution in [3.63, 3.8) is 0 Å². The Balaban J connectivity index is 2.97. The third kappa shape index (κ3) is 3.23. The minimum atomic E-state index is -0.514. The molecule has 1 amide bonds. The van der Waals surface area contributed by atoms with Crippen molar-refractivity contribution in [3.8, 4) is 0 Å². The van der Waals surface area contributed by atoms with Crippen LogP contribution in [-0.4, -0.2) is 17.1 Å². The molecule has 0 aromatic heterocycles. The van der Waals surface area contributed by atoms with Crippen molar-refractivity contribution in [1.82, 2.24) is 0 Å². The van der Waals surface area contributed by atoms with Crippen LogP contribution in [0.5, 0.6) is 0 Å². The van der Waals surface area contributed by atoms with Gasteiger partial charge in [-0.1, -0.05) is 6.92 Å². The van der Waals surface area contributed by atoms with E-state index in [0.717, 1.165) is 17.1 Å². The number of hydrogen-bond acceptors (Lipinski definition) is 4. The number of amides is 1. The Labute approximate surface area is 97.4 Å². The normalized spacial score (nSPS) is 9.81. The molecule has 0 saturated carbocycles. The fourth-order valence-corrected chi connectivity index (χ4v) is 1.97. The summed E-state index contributed by atoms with van der Waals surface area (Å²) < 4.78 is 0. The van der Waals surface area contributed by atoms with Crippen LogP contribution >= 0.6 is 11.8 Å². The number of rotatable bonds is 6. The van der Waals surface area contributed by atoms with Gasteiger partial charge in [0, 0.05) is 11.0 Å². The van der Waals surface area contributed by atoms with Crippen molar-refractivity contribution < 1.29 is 9.72 Å².